The van der Waals surface area contributed by atoms with Gasteiger partial charge in [0.2, 0.25) is 0 Å². The van der Waals surface area contributed by atoms with E-state index in [1.165, 1.54) is 12.1 Å². The average Bonchev–Trinajstić information content (AvgIpc) is 2.14. The van der Waals surface area contributed by atoms with Crippen molar-refractivity contribution in [1.29, 1.82) is 0 Å². The molecule has 0 aliphatic rings. The zero-order valence-electron chi connectivity index (χ0n) is 8.95. The fourth-order valence-electron chi connectivity index (χ4n) is 1.02. The molecule has 4 nitrogen and oxygen atoms in total. The van der Waals surface area contributed by atoms with E-state index in [2.05, 4.69) is 5.32 Å². The Kier molecular flexibility index (Phi) is 3.31. The minimum Gasteiger partial charge on any atom is -0.508 e. The third-order valence-corrected chi connectivity index (χ3v) is 1.83. The molecule has 82 valence electrons. The number of phenolic OH excluding ortho intramolecular Hbond substituents is 1. The predicted molar refractivity (Wildman–Crippen MR) is 58.7 cm³/mol. The van der Waals surface area contributed by atoms with Crippen LogP contribution in [0.15, 0.2) is 24.3 Å². The van der Waals surface area contributed by atoms with Gasteiger partial charge < -0.3 is 16.2 Å². The van der Waals surface area contributed by atoms with Crippen LogP contribution in [-0.4, -0.2) is 23.1 Å². The van der Waals surface area contributed by atoms with Gasteiger partial charge in [-0.1, -0.05) is 0 Å². The first-order valence-electron chi connectivity index (χ1n) is 4.74. The van der Waals surface area contributed by atoms with E-state index in [0.29, 0.717) is 12.1 Å². The van der Waals surface area contributed by atoms with Crippen molar-refractivity contribution in [2.75, 3.05) is 6.54 Å². The van der Waals surface area contributed by atoms with E-state index in [1.54, 1.807) is 12.1 Å². The van der Waals surface area contributed by atoms with Crippen molar-refractivity contribution in [1.82, 2.24) is 5.32 Å². The van der Waals surface area contributed by atoms with Crippen LogP contribution in [0.5, 0.6) is 5.75 Å². The number of rotatable bonds is 3. The number of carbonyl (C=O) groups is 1. The van der Waals surface area contributed by atoms with E-state index in [4.69, 9.17) is 10.8 Å². The second-order valence-electron chi connectivity index (χ2n) is 4.22. The van der Waals surface area contributed by atoms with Gasteiger partial charge in [-0.05, 0) is 38.1 Å². The summed E-state index contributed by atoms with van der Waals surface area (Å²) < 4.78 is 0. The highest BCUT2D eigenvalue weighted by atomic mass is 16.3. The number of nitrogens with two attached hydrogens (primary N) is 1. The van der Waals surface area contributed by atoms with Gasteiger partial charge in [0.15, 0.2) is 0 Å². The fraction of sp³-hybridized carbons (Fsp3) is 0.364. The summed E-state index contributed by atoms with van der Waals surface area (Å²) in [5.41, 5.74) is 5.82. The number of hydrogen-bond acceptors (Lipinski definition) is 3. The van der Waals surface area contributed by atoms with Crippen LogP contribution in [0.25, 0.3) is 0 Å². The Bertz CT molecular complexity index is 339. The number of phenols is 1. The second-order valence-corrected chi connectivity index (χ2v) is 4.22. The van der Waals surface area contributed by atoms with Crippen molar-refractivity contribution in [3.05, 3.63) is 29.8 Å². The van der Waals surface area contributed by atoms with Crippen LogP contribution in [0.3, 0.4) is 0 Å². The average molecular weight is 208 g/mol. The molecule has 4 N–H and O–H groups in total. The summed E-state index contributed by atoms with van der Waals surface area (Å²) in [5, 5.41) is 11.8. The number of hydrogen-bond donors (Lipinski definition) is 3. The van der Waals surface area contributed by atoms with Crippen molar-refractivity contribution < 1.29 is 9.90 Å². The summed E-state index contributed by atoms with van der Waals surface area (Å²) in [7, 11) is 0. The van der Waals surface area contributed by atoms with Crippen LogP contribution in [0, 0.1) is 0 Å². The Morgan fingerprint density at radius 2 is 1.93 bits per heavy atom. The molecule has 0 heterocycles. The Balaban J connectivity index is 2.58. The van der Waals surface area contributed by atoms with E-state index in [9.17, 15) is 4.79 Å². The smallest absolute Gasteiger partial charge is 0.251 e. The Morgan fingerprint density at radius 3 is 2.40 bits per heavy atom. The highest BCUT2D eigenvalue weighted by Gasteiger charge is 2.12. The van der Waals surface area contributed by atoms with Gasteiger partial charge in [-0.3, -0.25) is 4.79 Å². The van der Waals surface area contributed by atoms with Gasteiger partial charge in [0.05, 0.1) is 0 Å². The van der Waals surface area contributed by atoms with E-state index in [0.717, 1.165) is 0 Å². The SMILES string of the molecule is CC(C)(N)CNC(=O)c1ccc(O)cc1. The van der Waals surface area contributed by atoms with E-state index >= 15 is 0 Å². The van der Waals surface area contributed by atoms with Crippen LogP contribution >= 0.6 is 0 Å². The molecule has 0 saturated carbocycles. The highest BCUT2D eigenvalue weighted by Crippen LogP contribution is 2.09. The van der Waals surface area contributed by atoms with Gasteiger partial charge in [0.1, 0.15) is 5.75 Å². The number of benzene rings is 1. The van der Waals surface area contributed by atoms with Crippen molar-refractivity contribution >= 4 is 5.91 Å². The molecule has 0 spiro atoms. The normalized spacial score (nSPS) is 11.1. The van der Waals surface area contributed by atoms with Gasteiger partial charge in [-0.25, -0.2) is 0 Å². The monoisotopic (exact) mass is 208 g/mol. The fourth-order valence-corrected chi connectivity index (χ4v) is 1.02. The molecule has 0 saturated heterocycles. The highest BCUT2D eigenvalue weighted by molar-refractivity contribution is 5.94. The molecule has 1 aromatic rings. The number of carbonyl (C=O) groups excluding carboxylic acids is 1. The Morgan fingerprint density at radius 1 is 1.40 bits per heavy atom. The van der Waals surface area contributed by atoms with E-state index < -0.39 is 5.54 Å². The first kappa shape index (κ1) is 11.5. The Hall–Kier alpha value is -1.55. The zero-order chi connectivity index (χ0) is 11.5. The summed E-state index contributed by atoms with van der Waals surface area (Å²) >= 11 is 0. The summed E-state index contributed by atoms with van der Waals surface area (Å²) in [6.45, 7) is 4.08. The van der Waals surface area contributed by atoms with E-state index in [-0.39, 0.29) is 11.7 Å². The van der Waals surface area contributed by atoms with Crippen LogP contribution in [0.2, 0.25) is 0 Å². The predicted octanol–water partition coefficient (Wildman–Crippen LogP) is 0.859. The third kappa shape index (κ3) is 3.99. The summed E-state index contributed by atoms with van der Waals surface area (Å²) in [4.78, 5) is 11.6. The quantitative estimate of drug-likeness (QED) is 0.689. The van der Waals surface area contributed by atoms with Crippen molar-refractivity contribution in [3.8, 4) is 5.75 Å². The molecule has 0 atom stereocenters. The molecule has 15 heavy (non-hydrogen) atoms. The van der Waals surface area contributed by atoms with E-state index in [1.807, 2.05) is 13.8 Å². The lowest BCUT2D eigenvalue weighted by atomic mass is 10.1. The molecule has 1 rings (SSSR count). The van der Waals surface area contributed by atoms with Crippen molar-refractivity contribution in [2.45, 2.75) is 19.4 Å². The summed E-state index contributed by atoms with van der Waals surface area (Å²) in [6, 6.07) is 6.08. The first-order chi connectivity index (χ1) is 6.88. The molecule has 0 unspecified atom stereocenters. The maximum Gasteiger partial charge on any atom is 0.251 e. The molecule has 0 aliphatic heterocycles. The standard InChI is InChI=1S/C11H16N2O2/c1-11(2,12)7-13-10(15)8-3-5-9(14)6-4-8/h3-6,14H,7,12H2,1-2H3,(H,13,15). The summed E-state index contributed by atoms with van der Waals surface area (Å²) in [6.07, 6.45) is 0. The van der Waals surface area contributed by atoms with Crippen molar-refractivity contribution in [3.63, 3.8) is 0 Å². The van der Waals surface area contributed by atoms with Gasteiger partial charge in [0.25, 0.3) is 5.91 Å². The minimum absolute atomic E-state index is 0.144. The molecule has 1 aromatic carbocycles. The van der Waals surface area contributed by atoms with Crippen LogP contribution < -0.4 is 11.1 Å². The molecular weight excluding hydrogens is 192 g/mol. The van der Waals surface area contributed by atoms with Crippen LogP contribution in [0.4, 0.5) is 0 Å². The largest absolute Gasteiger partial charge is 0.508 e. The molecule has 4 heteroatoms. The lowest BCUT2D eigenvalue weighted by Gasteiger charge is -2.18. The number of amides is 1. The molecule has 0 fully saturated rings. The lowest BCUT2D eigenvalue weighted by molar-refractivity contribution is 0.0946. The molecule has 0 aliphatic carbocycles. The lowest BCUT2D eigenvalue weighted by Crippen LogP contribution is -2.45. The van der Waals surface area contributed by atoms with Gasteiger partial charge in [0, 0.05) is 17.6 Å². The zero-order valence-corrected chi connectivity index (χ0v) is 8.95. The first-order valence-corrected chi connectivity index (χ1v) is 4.74. The second kappa shape index (κ2) is 4.31. The van der Waals surface area contributed by atoms with Crippen LogP contribution in [0.1, 0.15) is 24.2 Å². The topological polar surface area (TPSA) is 75.3 Å². The van der Waals surface area contributed by atoms with Gasteiger partial charge in [-0.2, -0.15) is 0 Å². The van der Waals surface area contributed by atoms with Gasteiger partial charge in [-0.15, -0.1) is 0 Å². The third-order valence-electron chi connectivity index (χ3n) is 1.83. The molecular formula is C11H16N2O2. The molecule has 0 bridgehead atoms. The van der Waals surface area contributed by atoms with Crippen LogP contribution in [-0.2, 0) is 0 Å². The Labute approximate surface area is 89.1 Å². The maximum absolute atomic E-state index is 11.6. The van der Waals surface area contributed by atoms with Gasteiger partial charge >= 0.3 is 0 Å². The van der Waals surface area contributed by atoms with Crippen molar-refractivity contribution in [2.24, 2.45) is 5.73 Å². The number of aromatic hydroxyl groups is 1. The maximum atomic E-state index is 11.6. The minimum atomic E-state index is -0.424. The summed E-state index contributed by atoms with van der Waals surface area (Å²) in [5.74, 6) is -0.0424. The molecule has 0 radical (unpaired) electrons. The molecule has 1 amide bonds. The number of nitrogens with one attached hydrogen (secondary N) is 1. The molecule has 0 aromatic heterocycles.